The Balaban J connectivity index is 3.32. The highest BCUT2D eigenvalue weighted by atomic mass is 14.6. The van der Waals surface area contributed by atoms with Crippen LogP contribution in [0.25, 0.3) is 0 Å². The Morgan fingerprint density at radius 1 is 0.857 bits per heavy atom. The van der Waals surface area contributed by atoms with Gasteiger partial charge in [0.25, 0.3) is 0 Å². The predicted molar refractivity (Wildman–Crippen MR) is 65.4 cm³/mol. The lowest BCUT2D eigenvalue weighted by Crippen LogP contribution is -2.14. The van der Waals surface area contributed by atoms with Crippen molar-refractivity contribution in [2.45, 2.75) is 72.3 Å². The molecule has 0 fully saturated rings. The molecule has 0 aromatic rings. The van der Waals surface area contributed by atoms with Gasteiger partial charge in [-0.2, -0.15) is 0 Å². The minimum Gasteiger partial charge on any atom is -0.328 e. The van der Waals surface area contributed by atoms with Crippen molar-refractivity contribution < 1.29 is 0 Å². The van der Waals surface area contributed by atoms with Gasteiger partial charge in [0.15, 0.2) is 0 Å². The molecule has 1 nitrogen and oxygen atoms in total. The summed E-state index contributed by atoms with van der Waals surface area (Å²) in [4.78, 5) is 0. The number of hydrogen-bond donors (Lipinski definition) is 1. The van der Waals surface area contributed by atoms with Crippen LogP contribution in [0.2, 0.25) is 0 Å². The molecule has 0 radical (unpaired) electrons. The van der Waals surface area contributed by atoms with Crippen molar-refractivity contribution in [1.29, 1.82) is 0 Å². The molecule has 0 bridgehead atoms. The van der Waals surface area contributed by atoms with E-state index in [2.05, 4.69) is 27.7 Å². The molecule has 0 aromatic heterocycles. The summed E-state index contributed by atoms with van der Waals surface area (Å²) in [5.41, 5.74) is 5.72. The molecule has 0 amide bonds. The van der Waals surface area contributed by atoms with Crippen molar-refractivity contribution in [2.24, 2.45) is 17.6 Å². The van der Waals surface area contributed by atoms with Crippen molar-refractivity contribution in [3.05, 3.63) is 0 Å². The first-order valence-electron chi connectivity index (χ1n) is 6.31. The summed E-state index contributed by atoms with van der Waals surface area (Å²) in [5, 5.41) is 0. The van der Waals surface area contributed by atoms with E-state index in [9.17, 15) is 0 Å². The zero-order valence-corrected chi connectivity index (χ0v) is 10.6. The maximum Gasteiger partial charge on any atom is 0.00104 e. The highest BCUT2D eigenvalue weighted by molar-refractivity contribution is 4.60. The van der Waals surface area contributed by atoms with Crippen molar-refractivity contribution in [3.63, 3.8) is 0 Å². The minimum absolute atomic E-state index is 0.386. The van der Waals surface area contributed by atoms with E-state index in [1.54, 1.807) is 0 Å². The summed E-state index contributed by atoms with van der Waals surface area (Å²) in [5.74, 6) is 1.80. The van der Waals surface area contributed by atoms with Crippen LogP contribution in [0.15, 0.2) is 0 Å². The zero-order valence-electron chi connectivity index (χ0n) is 10.6. The first-order chi connectivity index (χ1) is 6.56. The average Bonchev–Trinajstić information content (AvgIpc) is 2.13. The standard InChI is InChI=1S/C13H29N/c1-5-11(2)9-10-12(3)7-6-8-13(4)14/h11-13H,5-10,14H2,1-4H3. The van der Waals surface area contributed by atoms with Gasteiger partial charge in [-0.05, 0) is 25.2 Å². The third-order valence-electron chi connectivity index (χ3n) is 3.21. The predicted octanol–water partition coefficient (Wildman–Crippen LogP) is 3.97. The van der Waals surface area contributed by atoms with Gasteiger partial charge in [0.05, 0.1) is 0 Å². The molecule has 0 saturated carbocycles. The molecule has 0 spiro atoms. The Kier molecular flexibility index (Phi) is 8.26. The van der Waals surface area contributed by atoms with Crippen molar-refractivity contribution in [2.75, 3.05) is 0 Å². The van der Waals surface area contributed by atoms with Crippen molar-refractivity contribution >= 4 is 0 Å². The van der Waals surface area contributed by atoms with Crippen LogP contribution < -0.4 is 5.73 Å². The third kappa shape index (κ3) is 8.55. The van der Waals surface area contributed by atoms with E-state index in [0.717, 1.165) is 11.8 Å². The fourth-order valence-electron chi connectivity index (χ4n) is 1.71. The fraction of sp³-hybridized carbons (Fsp3) is 1.00. The lowest BCUT2D eigenvalue weighted by molar-refractivity contribution is 0.391. The monoisotopic (exact) mass is 199 g/mol. The van der Waals surface area contributed by atoms with Crippen LogP contribution in [0.3, 0.4) is 0 Å². The highest BCUT2D eigenvalue weighted by Gasteiger charge is 2.05. The van der Waals surface area contributed by atoms with E-state index >= 15 is 0 Å². The molecule has 1 heteroatoms. The third-order valence-corrected chi connectivity index (χ3v) is 3.21. The lowest BCUT2D eigenvalue weighted by atomic mass is 9.92. The van der Waals surface area contributed by atoms with Gasteiger partial charge in [0.1, 0.15) is 0 Å². The fourth-order valence-corrected chi connectivity index (χ4v) is 1.71. The Labute approximate surface area is 90.5 Å². The number of nitrogens with two attached hydrogens (primary N) is 1. The lowest BCUT2D eigenvalue weighted by Gasteiger charge is -2.14. The minimum atomic E-state index is 0.386. The smallest absolute Gasteiger partial charge is 0.00104 e. The van der Waals surface area contributed by atoms with Gasteiger partial charge in [-0.15, -0.1) is 0 Å². The summed E-state index contributed by atoms with van der Waals surface area (Å²) in [7, 11) is 0. The summed E-state index contributed by atoms with van der Waals surface area (Å²) in [6, 6.07) is 0.386. The summed E-state index contributed by atoms with van der Waals surface area (Å²) in [6.45, 7) is 9.12. The quantitative estimate of drug-likeness (QED) is 0.629. The van der Waals surface area contributed by atoms with Crippen LogP contribution in [-0.2, 0) is 0 Å². The molecule has 3 unspecified atom stereocenters. The molecule has 3 atom stereocenters. The molecule has 0 rings (SSSR count). The Hall–Kier alpha value is -0.0400. The normalized spacial score (nSPS) is 17.8. The van der Waals surface area contributed by atoms with E-state index in [4.69, 9.17) is 5.73 Å². The van der Waals surface area contributed by atoms with Gasteiger partial charge in [0, 0.05) is 6.04 Å². The van der Waals surface area contributed by atoms with Crippen LogP contribution in [0.4, 0.5) is 0 Å². The van der Waals surface area contributed by atoms with Gasteiger partial charge in [0.2, 0.25) is 0 Å². The van der Waals surface area contributed by atoms with Gasteiger partial charge >= 0.3 is 0 Å². The van der Waals surface area contributed by atoms with Crippen LogP contribution in [0, 0.1) is 11.8 Å². The molecular formula is C13H29N. The van der Waals surface area contributed by atoms with Crippen LogP contribution in [0.5, 0.6) is 0 Å². The van der Waals surface area contributed by atoms with Crippen molar-refractivity contribution in [3.8, 4) is 0 Å². The Morgan fingerprint density at radius 2 is 1.43 bits per heavy atom. The topological polar surface area (TPSA) is 26.0 Å². The molecule has 0 aromatic carbocycles. The van der Waals surface area contributed by atoms with Gasteiger partial charge in [-0.25, -0.2) is 0 Å². The van der Waals surface area contributed by atoms with Crippen LogP contribution in [0.1, 0.15) is 66.2 Å². The van der Waals surface area contributed by atoms with E-state index in [1.165, 1.54) is 38.5 Å². The molecule has 0 aliphatic rings. The second kappa shape index (κ2) is 8.28. The van der Waals surface area contributed by atoms with Crippen LogP contribution >= 0.6 is 0 Å². The molecule has 14 heavy (non-hydrogen) atoms. The molecule has 86 valence electrons. The summed E-state index contributed by atoms with van der Waals surface area (Å²) in [6.07, 6.45) is 7.97. The van der Waals surface area contributed by atoms with E-state index in [1.807, 2.05) is 0 Å². The summed E-state index contributed by atoms with van der Waals surface area (Å²) < 4.78 is 0. The molecule has 0 aliphatic carbocycles. The largest absolute Gasteiger partial charge is 0.328 e. The molecule has 2 N–H and O–H groups in total. The number of hydrogen-bond acceptors (Lipinski definition) is 1. The van der Waals surface area contributed by atoms with E-state index in [0.29, 0.717) is 6.04 Å². The van der Waals surface area contributed by atoms with Crippen molar-refractivity contribution in [1.82, 2.24) is 0 Å². The van der Waals surface area contributed by atoms with Crippen LogP contribution in [-0.4, -0.2) is 6.04 Å². The van der Waals surface area contributed by atoms with Gasteiger partial charge < -0.3 is 5.73 Å². The molecular weight excluding hydrogens is 170 g/mol. The maximum absolute atomic E-state index is 5.72. The molecule has 0 saturated heterocycles. The Bertz CT molecular complexity index is 120. The second-order valence-electron chi connectivity index (χ2n) is 5.10. The van der Waals surface area contributed by atoms with E-state index < -0.39 is 0 Å². The van der Waals surface area contributed by atoms with E-state index in [-0.39, 0.29) is 0 Å². The SMILES string of the molecule is CCC(C)CCC(C)CCCC(C)N. The van der Waals surface area contributed by atoms with Gasteiger partial charge in [-0.1, -0.05) is 52.9 Å². The summed E-state index contributed by atoms with van der Waals surface area (Å²) >= 11 is 0. The highest BCUT2D eigenvalue weighted by Crippen LogP contribution is 2.19. The zero-order chi connectivity index (χ0) is 11.0. The maximum atomic E-state index is 5.72. The second-order valence-corrected chi connectivity index (χ2v) is 5.10. The Morgan fingerprint density at radius 3 is 1.93 bits per heavy atom. The molecule has 0 heterocycles. The average molecular weight is 199 g/mol. The van der Waals surface area contributed by atoms with Gasteiger partial charge in [-0.3, -0.25) is 0 Å². The molecule has 0 aliphatic heterocycles. The number of rotatable bonds is 8. The first-order valence-corrected chi connectivity index (χ1v) is 6.31. The first kappa shape index (κ1) is 14.0.